The first-order valence-electron chi connectivity index (χ1n) is 9.23. The lowest BCUT2D eigenvalue weighted by atomic mass is 9.95. The number of methoxy groups -OCH3 is 1. The molecular formula is C22H18ClN3O3. The Bertz CT molecular complexity index is 1100. The van der Waals surface area contributed by atoms with Crippen molar-refractivity contribution in [3.05, 3.63) is 82.6 Å². The minimum absolute atomic E-state index is 0.0591. The Kier molecular flexibility index (Phi) is 4.28. The summed E-state index contributed by atoms with van der Waals surface area (Å²) in [6, 6.07) is 14.5. The van der Waals surface area contributed by atoms with Crippen LogP contribution in [0.4, 0.5) is 0 Å². The maximum Gasteiger partial charge on any atom is 0.213 e. The van der Waals surface area contributed by atoms with Crippen molar-refractivity contribution in [2.75, 3.05) is 7.11 Å². The smallest absolute Gasteiger partial charge is 0.213 e. The summed E-state index contributed by atoms with van der Waals surface area (Å²) in [7, 11) is 1.60. The molecule has 7 heteroatoms. The molecule has 0 bridgehead atoms. The van der Waals surface area contributed by atoms with Crippen molar-refractivity contribution in [1.82, 2.24) is 9.99 Å². The summed E-state index contributed by atoms with van der Waals surface area (Å²) in [4.78, 5) is 4.10. The van der Waals surface area contributed by atoms with Crippen molar-refractivity contribution in [3.63, 3.8) is 0 Å². The SMILES string of the molecule is COc1ccc(O)c(C2=NN3[C@@H](c4ccncc4)Oc4ccc(Cl)cc4[C@@H]3C2)c1. The predicted octanol–water partition coefficient (Wildman–Crippen LogP) is 4.69. The number of pyridine rings is 1. The molecule has 0 aliphatic carbocycles. The van der Waals surface area contributed by atoms with E-state index in [1.807, 2.05) is 35.3 Å². The molecule has 29 heavy (non-hydrogen) atoms. The molecule has 1 aromatic heterocycles. The summed E-state index contributed by atoms with van der Waals surface area (Å²) < 4.78 is 11.6. The lowest BCUT2D eigenvalue weighted by Gasteiger charge is -2.38. The summed E-state index contributed by atoms with van der Waals surface area (Å²) in [5.41, 5.74) is 3.34. The molecule has 0 saturated carbocycles. The van der Waals surface area contributed by atoms with Crippen molar-refractivity contribution in [2.24, 2.45) is 5.10 Å². The molecule has 6 nitrogen and oxygen atoms in total. The fraction of sp³-hybridized carbons (Fsp3) is 0.182. The third kappa shape index (κ3) is 3.06. The molecule has 2 atom stereocenters. The summed E-state index contributed by atoms with van der Waals surface area (Å²) >= 11 is 6.26. The van der Waals surface area contributed by atoms with Gasteiger partial charge in [0, 0.05) is 40.5 Å². The number of aromatic hydroxyl groups is 1. The first-order chi connectivity index (χ1) is 14.1. The van der Waals surface area contributed by atoms with Crippen LogP contribution in [-0.4, -0.2) is 27.9 Å². The molecule has 0 spiro atoms. The van der Waals surface area contributed by atoms with Crippen LogP contribution in [-0.2, 0) is 0 Å². The second-order valence-corrected chi connectivity index (χ2v) is 7.40. The van der Waals surface area contributed by atoms with Gasteiger partial charge in [-0.3, -0.25) is 4.98 Å². The van der Waals surface area contributed by atoms with Gasteiger partial charge in [-0.2, -0.15) is 5.10 Å². The number of fused-ring (bicyclic) bond motifs is 3. The maximum absolute atomic E-state index is 10.4. The Balaban J connectivity index is 1.62. The summed E-state index contributed by atoms with van der Waals surface area (Å²) in [6.07, 6.45) is 3.68. The van der Waals surface area contributed by atoms with Crippen LogP contribution in [0.5, 0.6) is 17.2 Å². The highest BCUT2D eigenvalue weighted by molar-refractivity contribution is 6.30. The molecule has 3 aromatic rings. The molecule has 1 N–H and O–H groups in total. The number of hydrogen-bond donors (Lipinski definition) is 1. The van der Waals surface area contributed by atoms with E-state index >= 15 is 0 Å². The molecule has 3 heterocycles. The van der Waals surface area contributed by atoms with Crippen LogP contribution >= 0.6 is 11.6 Å². The average molecular weight is 408 g/mol. The first kappa shape index (κ1) is 17.8. The monoisotopic (exact) mass is 407 g/mol. The average Bonchev–Trinajstić information content (AvgIpc) is 3.20. The second kappa shape index (κ2) is 6.97. The standard InChI is InChI=1S/C22H18ClN3O3/c1-28-15-3-4-20(27)16(11-15)18-12-19-17-10-14(23)2-5-21(17)29-22(26(19)25-18)13-6-8-24-9-7-13/h2-11,19,22,27H,12H2,1H3/t19-,22+/m0/s1. The number of hydrogen-bond acceptors (Lipinski definition) is 6. The van der Waals surface area contributed by atoms with Gasteiger partial charge in [0.15, 0.2) is 0 Å². The van der Waals surface area contributed by atoms with Gasteiger partial charge in [-0.15, -0.1) is 0 Å². The highest BCUT2D eigenvalue weighted by Crippen LogP contribution is 2.48. The molecule has 0 fully saturated rings. The van der Waals surface area contributed by atoms with Gasteiger partial charge in [-0.25, -0.2) is 5.01 Å². The molecule has 2 aromatic carbocycles. The summed E-state index contributed by atoms with van der Waals surface area (Å²) in [6.45, 7) is 0. The summed E-state index contributed by atoms with van der Waals surface area (Å²) in [5, 5.41) is 17.9. The quantitative estimate of drug-likeness (QED) is 0.682. The lowest BCUT2D eigenvalue weighted by Crippen LogP contribution is -2.33. The molecule has 146 valence electrons. The number of benzene rings is 2. The van der Waals surface area contributed by atoms with Gasteiger partial charge < -0.3 is 14.6 Å². The van der Waals surface area contributed by atoms with E-state index in [1.54, 1.807) is 37.7 Å². The van der Waals surface area contributed by atoms with Crippen LogP contribution in [0.1, 0.15) is 35.4 Å². The Hall–Kier alpha value is -3.25. The van der Waals surface area contributed by atoms with Gasteiger partial charge in [0.05, 0.1) is 18.9 Å². The maximum atomic E-state index is 10.4. The Labute approximate surface area is 173 Å². The van der Waals surface area contributed by atoms with E-state index < -0.39 is 6.23 Å². The zero-order valence-electron chi connectivity index (χ0n) is 15.6. The number of aromatic nitrogens is 1. The third-order valence-corrected chi connectivity index (χ3v) is 5.49. The van der Waals surface area contributed by atoms with Crippen LogP contribution in [0.3, 0.4) is 0 Å². The molecule has 5 rings (SSSR count). The van der Waals surface area contributed by atoms with Gasteiger partial charge in [0.1, 0.15) is 17.2 Å². The van der Waals surface area contributed by atoms with E-state index in [-0.39, 0.29) is 11.8 Å². The Morgan fingerprint density at radius 1 is 1.14 bits per heavy atom. The number of hydrazone groups is 1. The van der Waals surface area contributed by atoms with Crippen molar-refractivity contribution in [2.45, 2.75) is 18.7 Å². The van der Waals surface area contributed by atoms with Gasteiger partial charge in [0.25, 0.3) is 0 Å². The van der Waals surface area contributed by atoms with Crippen LogP contribution < -0.4 is 9.47 Å². The number of halogens is 1. The van der Waals surface area contributed by atoms with Crippen molar-refractivity contribution in [3.8, 4) is 17.2 Å². The van der Waals surface area contributed by atoms with E-state index in [0.29, 0.717) is 22.8 Å². The van der Waals surface area contributed by atoms with Gasteiger partial charge >= 0.3 is 0 Å². The number of rotatable bonds is 3. The van der Waals surface area contributed by atoms with E-state index in [0.717, 1.165) is 22.6 Å². The normalized spacial score (nSPS) is 19.8. The molecule has 2 aliphatic heterocycles. The number of phenols is 1. The highest BCUT2D eigenvalue weighted by atomic mass is 35.5. The van der Waals surface area contributed by atoms with Crippen LogP contribution in [0.15, 0.2) is 66.0 Å². The van der Waals surface area contributed by atoms with Crippen molar-refractivity contribution >= 4 is 17.3 Å². The molecular weight excluding hydrogens is 390 g/mol. The molecule has 0 saturated heterocycles. The topological polar surface area (TPSA) is 67.2 Å². The fourth-order valence-corrected chi connectivity index (χ4v) is 4.02. The molecule has 0 amide bonds. The number of phenolic OH excluding ortho intramolecular Hbond substituents is 1. The Morgan fingerprint density at radius 3 is 2.76 bits per heavy atom. The number of nitrogens with zero attached hydrogens (tertiary/aromatic N) is 3. The third-order valence-electron chi connectivity index (χ3n) is 5.26. The minimum Gasteiger partial charge on any atom is -0.507 e. The number of ether oxygens (including phenoxy) is 2. The largest absolute Gasteiger partial charge is 0.507 e. The Morgan fingerprint density at radius 2 is 1.97 bits per heavy atom. The van der Waals surface area contributed by atoms with E-state index in [2.05, 4.69) is 4.98 Å². The van der Waals surface area contributed by atoms with Gasteiger partial charge in [-0.1, -0.05) is 11.6 Å². The van der Waals surface area contributed by atoms with Gasteiger partial charge in [-0.05, 0) is 48.5 Å². The van der Waals surface area contributed by atoms with Crippen LogP contribution in [0.25, 0.3) is 0 Å². The van der Waals surface area contributed by atoms with E-state index in [1.165, 1.54) is 0 Å². The van der Waals surface area contributed by atoms with Gasteiger partial charge in [0.2, 0.25) is 6.23 Å². The highest BCUT2D eigenvalue weighted by Gasteiger charge is 2.41. The zero-order chi connectivity index (χ0) is 20.0. The van der Waals surface area contributed by atoms with Crippen molar-refractivity contribution in [1.29, 1.82) is 0 Å². The first-order valence-corrected chi connectivity index (χ1v) is 9.61. The second-order valence-electron chi connectivity index (χ2n) is 6.96. The lowest BCUT2D eigenvalue weighted by molar-refractivity contribution is -0.0190. The molecule has 0 unspecified atom stereocenters. The molecule has 2 aliphatic rings. The zero-order valence-corrected chi connectivity index (χ0v) is 16.4. The predicted molar refractivity (Wildman–Crippen MR) is 109 cm³/mol. The summed E-state index contributed by atoms with van der Waals surface area (Å²) in [5.74, 6) is 1.61. The van der Waals surface area contributed by atoms with Crippen molar-refractivity contribution < 1.29 is 14.6 Å². The minimum atomic E-state index is -0.401. The molecule has 0 radical (unpaired) electrons. The van der Waals surface area contributed by atoms with Crippen LogP contribution in [0, 0.1) is 0 Å². The van der Waals surface area contributed by atoms with Crippen LogP contribution in [0.2, 0.25) is 5.02 Å². The van der Waals surface area contributed by atoms with E-state index in [9.17, 15) is 5.11 Å². The van der Waals surface area contributed by atoms with E-state index in [4.69, 9.17) is 26.2 Å². The fourth-order valence-electron chi connectivity index (χ4n) is 3.84.